The SMILES string of the molecule is O=C1CCC(N2C(=O)c3cc(F)c(N4CCCC5(CCN(C6CCCCC6)CC5)C4)cc3C2=O)C(=O)N1. The quantitative estimate of drug-likeness (QED) is 0.628. The summed E-state index contributed by atoms with van der Waals surface area (Å²) in [5.41, 5.74) is 0.633. The first kappa shape index (κ1) is 24.5. The van der Waals surface area contributed by atoms with Crippen LogP contribution in [0.3, 0.4) is 0 Å². The van der Waals surface area contributed by atoms with E-state index in [1.54, 1.807) is 0 Å². The van der Waals surface area contributed by atoms with E-state index in [1.807, 2.05) is 0 Å². The minimum atomic E-state index is -1.05. The standard InChI is InChI=1S/C28H35FN4O4/c29-21-15-19-20(27(37)33(26(19)36)22-7-8-24(34)30-25(22)35)16-23(21)32-12-4-9-28(17-32)10-13-31(14-11-28)18-5-2-1-3-6-18/h15-16,18,22H,1-14,17H2,(H,30,34,35). The summed E-state index contributed by atoms with van der Waals surface area (Å²) in [5, 5.41) is 2.20. The van der Waals surface area contributed by atoms with Gasteiger partial charge in [0.1, 0.15) is 11.9 Å². The molecule has 4 heterocycles. The third kappa shape index (κ3) is 4.35. The van der Waals surface area contributed by atoms with E-state index in [9.17, 15) is 19.2 Å². The monoisotopic (exact) mass is 510 g/mol. The second-order valence-electron chi connectivity index (χ2n) is 11.6. The molecule has 5 aliphatic rings. The Bertz CT molecular complexity index is 1140. The summed E-state index contributed by atoms with van der Waals surface area (Å²) in [5.74, 6) is -2.87. The molecule has 198 valence electrons. The van der Waals surface area contributed by atoms with Crippen LogP contribution in [0.1, 0.15) is 91.3 Å². The van der Waals surface area contributed by atoms with E-state index in [1.165, 1.54) is 38.2 Å². The molecule has 0 aromatic heterocycles. The lowest BCUT2D eigenvalue weighted by molar-refractivity contribution is -0.136. The third-order valence-electron chi connectivity index (χ3n) is 9.46. The Hall–Kier alpha value is -2.81. The smallest absolute Gasteiger partial charge is 0.262 e. The van der Waals surface area contributed by atoms with Gasteiger partial charge in [0, 0.05) is 25.6 Å². The number of rotatable bonds is 3. The number of likely N-dealkylation sites (tertiary alicyclic amines) is 1. The van der Waals surface area contributed by atoms with Crippen LogP contribution in [0.5, 0.6) is 0 Å². The summed E-state index contributed by atoms with van der Waals surface area (Å²) in [4.78, 5) is 55.8. The van der Waals surface area contributed by atoms with Gasteiger partial charge in [-0.2, -0.15) is 0 Å². The van der Waals surface area contributed by atoms with Crippen LogP contribution in [-0.2, 0) is 9.59 Å². The molecule has 1 spiro atoms. The summed E-state index contributed by atoms with van der Waals surface area (Å²) in [6, 6.07) is 2.33. The Balaban J connectivity index is 1.19. The molecule has 9 heteroatoms. The number of imide groups is 2. The van der Waals surface area contributed by atoms with E-state index >= 15 is 4.39 Å². The van der Waals surface area contributed by atoms with Gasteiger partial charge in [-0.25, -0.2) is 4.39 Å². The predicted octanol–water partition coefficient (Wildman–Crippen LogP) is 3.24. The Kier molecular flexibility index (Phi) is 6.29. The van der Waals surface area contributed by atoms with Crippen LogP contribution < -0.4 is 10.2 Å². The van der Waals surface area contributed by atoms with E-state index in [2.05, 4.69) is 15.1 Å². The first-order chi connectivity index (χ1) is 17.8. The van der Waals surface area contributed by atoms with Crippen molar-refractivity contribution in [3.8, 4) is 0 Å². The van der Waals surface area contributed by atoms with Gasteiger partial charge < -0.3 is 9.80 Å². The highest BCUT2D eigenvalue weighted by Crippen LogP contribution is 2.43. The van der Waals surface area contributed by atoms with Crippen molar-refractivity contribution >= 4 is 29.3 Å². The van der Waals surface area contributed by atoms with Gasteiger partial charge in [-0.15, -0.1) is 0 Å². The predicted molar refractivity (Wildman–Crippen MR) is 135 cm³/mol. The Morgan fingerprint density at radius 1 is 0.838 bits per heavy atom. The lowest BCUT2D eigenvalue weighted by atomic mass is 9.72. The van der Waals surface area contributed by atoms with E-state index < -0.39 is 35.5 Å². The van der Waals surface area contributed by atoms with Crippen molar-refractivity contribution in [3.63, 3.8) is 0 Å². The number of carbonyl (C=O) groups is 4. The molecule has 1 aromatic rings. The van der Waals surface area contributed by atoms with Crippen LogP contribution in [0, 0.1) is 11.2 Å². The molecular weight excluding hydrogens is 475 g/mol. The lowest BCUT2D eigenvalue weighted by Gasteiger charge is -2.50. The maximum Gasteiger partial charge on any atom is 0.262 e. The number of nitrogens with zero attached hydrogens (tertiary/aromatic N) is 3. The number of piperidine rings is 3. The van der Waals surface area contributed by atoms with Gasteiger partial charge in [0.05, 0.1) is 16.8 Å². The molecule has 1 unspecified atom stereocenters. The molecule has 1 saturated carbocycles. The minimum Gasteiger partial charge on any atom is -0.369 e. The molecule has 1 atom stereocenters. The molecule has 1 N–H and O–H groups in total. The van der Waals surface area contributed by atoms with Crippen LogP contribution in [0.15, 0.2) is 12.1 Å². The van der Waals surface area contributed by atoms with Gasteiger partial charge in [-0.3, -0.25) is 29.4 Å². The number of amides is 4. The number of benzene rings is 1. The summed E-state index contributed by atoms with van der Waals surface area (Å²) >= 11 is 0. The van der Waals surface area contributed by atoms with Gasteiger partial charge in [0.15, 0.2) is 0 Å². The van der Waals surface area contributed by atoms with Crippen LogP contribution >= 0.6 is 0 Å². The van der Waals surface area contributed by atoms with Crippen LogP contribution in [-0.4, -0.2) is 71.7 Å². The van der Waals surface area contributed by atoms with Crippen molar-refractivity contribution in [2.45, 2.75) is 82.7 Å². The topological polar surface area (TPSA) is 90.0 Å². The Labute approximate surface area is 216 Å². The van der Waals surface area contributed by atoms with E-state index in [-0.39, 0.29) is 29.4 Å². The molecule has 1 aliphatic carbocycles. The molecule has 0 bridgehead atoms. The zero-order chi connectivity index (χ0) is 25.7. The number of nitrogens with one attached hydrogen (secondary N) is 1. The first-order valence-electron chi connectivity index (χ1n) is 13.9. The summed E-state index contributed by atoms with van der Waals surface area (Å²) in [6.07, 6.45) is 11.1. The summed E-state index contributed by atoms with van der Waals surface area (Å²) in [6.45, 7) is 3.65. The highest BCUT2D eigenvalue weighted by molar-refractivity contribution is 6.23. The van der Waals surface area contributed by atoms with Gasteiger partial charge >= 0.3 is 0 Å². The molecule has 4 fully saturated rings. The highest BCUT2D eigenvalue weighted by atomic mass is 19.1. The lowest BCUT2D eigenvalue weighted by Crippen LogP contribution is -2.54. The number of carbonyl (C=O) groups excluding carboxylic acids is 4. The van der Waals surface area contributed by atoms with Crippen molar-refractivity contribution in [2.75, 3.05) is 31.1 Å². The second-order valence-corrected chi connectivity index (χ2v) is 11.6. The second kappa shape index (κ2) is 9.49. The van der Waals surface area contributed by atoms with Gasteiger partial charge in [0.25, 0.3) is 11.8 Å². The molecule has 4 amide bonds. The molecule has 1 aromatic carbocycles. The van der Waals surface area contributed by atoms with Crippen molar-refractivity contribution in [3.05, 3.63) is 29.1 Å². The van der Waals surface area contributed by atoms with Gasteiger partial charge in [-0.05, 0) is 75.6 Å². The van der Waals surface area contributed by atoms with E-state index in [0.717, 1.165) is 62.3 Å². The van der Waals surface area contributed by atoms with E-state index in [4.69, 9.17) is 0 Å². The molecule has 4 aliphatic heterocycles. The molecule has 6 rings (SSSR count). The van der Waals surface area contributed by atoms with Gasteiger partial charge in [-0.1, -0.05) is 19.3 Å². The van der Waals surface area contributed by atoms with Crippen molar-refractivity contribution in [1.82, 2.24) is 15.1 Å². The van der Waals surface area contributed by atoms with Crippen LogP contribution in [0.4, 0.5) is 10.1 Å². The maximum atomic E-state index is 15.4. The number of anilines is 1. The first-order valence-corrected chi connectivity index (χ1v) is 13.9. The summed E-state index contributed by atoms with van der Waals surface area (Å²) < 4.78 is 15.4. The highest BCUT2D eigenvalue weighted by Gasteiger charge is 2.46. The Morgan fingerprint density at radius 3 is 2.24 bits per heavy atom. The molecular formula is C28H35FN4O4. The normalized spacial score (nSPS) is 27.1. The zero-order valence-electron chi connectivity index (χ0n) is 21.3. The number of hydrogen-bond donors (Lipinski definition) is 1. The largest absolute Gasteiger partial charge is 0.369 e. The number of hydrogen-bond acceptors (Lipinski definition) is 6. The van der Waals surface area contributed by atoms with Crippen molar-refractivity contribution in [1.29, 1.82) is 0 Å². The summed E-state index contributed by atoms with van der Waals surface area (Å²) in [7, 11) is 0. The average molecular weight is 511 g/mol. The molecule has 37 heavy (non-hydrogen) atoms. The molecule has 8 nitrogen and oxygen atoms in total. The van der Waals surface area contributed by atoms with Crippen molar-refractivity contribution in [2.24, 2.45) is 5.41 Å². The van der Waals surface area contributed by atoms with Crippen LogP contribution in [0.25, 0.3) is 0 Å². The fourth-order valence-corrected chi connectivity index (χ4v) is 7.35. The average Bonchev–Trinajstić information content (AvgIpc) is 3.13. The van der Waals surface area contributed by atoms with Crippen molar-refractivity contribution < 1.29 is 23.6 Å². The van der Waals surface area contributed by atoms with Crippen LogP contribution in [0.2, 0.25) is 0 Å². The number of halogens is 1. The third-order valence-corrected chi connectivity index (χ3v) is 9.46. The maximum absolute atomic E-state index is 15.4. The van der Waals surface area contributed by atoms with Gasteiger partial charge in [0.2, 0.25) is 11.8 Å². The minimum absolute atomic E-state index is 0.0107. The fourth-order valence-electron chi connectivity index (χ4n) is 7.35. The fraction of sp³-hybridized carbons (Fsp3) is 0.643. The molecule has 0 radical (unpaired) electrons. The number of fused-ring (bicyclic) bond motifs is 1. The Morgan fingerprint density at radius 2 is 1.54 bits per heavy atom. The molecule has 3 saturated heterocycles. The zero-order valence-corrected chi connectivity index (χ0v) is 21.3. The van der Waals surface area contributed by atoms with E-state index in [0.29, 0.717) is 12.2 Å².